The van der Waals surface area contributed by atoms with Crippen molar-refractivity contribution in [2.24, 2.45) is 0 Å². The molecule has 25 heavy (non-hydrogen) atoms. The Morgan fingerprint density at radius 2 is 2.00 bits per heavy atom. The van der Waals surface area contributed by atoms with Crippen LogP contribution in [0.4, 0.5) is 5.69 Å². The third-order valence-corrected chi connectivity index (χ3v) is 4.65. The molecule has 9 heteroatoms. The van der Waals surface area contributed by atoms with Crippen molar-refractivity contribution < 1.29 is 19.3 Å². The highest BCUT2D eigenvalue weighted by Gasteiger charge is 2.40. The van der Waals surface area contributed by atoms with Crippen LogP contribution < -0.4 is 5.32 Å². The van der Waals surface area contributed by atoms with Crippen LogP contribution in [-0.4, -0.2) is 34.1 Å². The van der Waals surface area contributed by atoms with Gasteiger partial charge in [-0.2, -0.15) is 0 Å². The van der Waals surface area contributed by atoms with Crippen LogP contribution in [0.2, 0.25) is 0 Å². The summed E-state index contributed by atoms with van der Waals surface area (Å²) < 4.78 is 0. The summed E-state index contributed by atoms with van der Waals surface area (Å²) in [7, 11) is 0. The van der Waals surface area contributed by atoms with E-state index in [2.05, 4.69) is 5.32 Å². The number of carbonyl (C=O) groups is 3. The highest BCUT2D eigenvalue weighted by atomic mass is 32.1. The summed E-state index contributed by atoms with van der Waals surface area (Å²) in [6, 6.07) is 7.67. The van der Waals surface area contributed by atoms with Gasteiger partial charge in [-0.25, -0.2) is 0 Å². The zero-order valence-corrected chi connectivity index (χ0v) is 13.7. The molecular formula is C16H13N3O5S. The number of amides is 3. The Balaban J connectivity index is 1.65. The molecule has 0 unspecified atom stereocenters. The van der Waals surface area contributed by atoms with E-state index in [1.807, 2.05) is 17.5 Å². The van der Waals surface area contributed by atoms with Gasteiger partial charge < -0.3 is 5.32 Å². The second-order valence-corrected chi connectivity index (χ2v) is 6.36. The van der Waals surface area contributed by atoms with Gasteiger partial charge in [-0.15, -0.1) is 11.3 Å². The number of carbonyl (C=O) groups excluding carboxylic acids is 3. The Hall–Kier alpha value is -3.07. The number of nitrogens with one attached hydrogen (secondary N) is 1. The average molecular weight is 359 g/mol. The molecule has 2 heterocycles. The molecule has 0 saturated carbocycles. The number of imide groups is 1. The van der Waals surface area contributed by atoms with Gasteiger partial charge in [-0.05, 0) is 17.5 Å². The van der Waals surface area contributed by atoms with Crippen LogP contribution in [0, 0.1) is 10.1 Å². The van der Waals surface area contributed by atoms with Crippen LogP contribution in [0.3, 0.4) is 0 Å². The van der Waals surface area contributed by atoms with E-state index in [1.165, 1.54) is 29.5 Å². The highest BCUT2D eigenvalue weighted by Crippen LogP contribution is 2.30. The largest absolute Gasteiger partial charge is 0.351 e. The van der Waals surface area contributed by atoms with Gasteiger partial charge in [0.2, 0.25) is 5.91 Å². The fraction of sp³-hybridized carbons (Fsp3) is 0.188. The Kier molecular flexibility index (Phi) is 4.57. The fourth-order valence-electron chi connectivity index (χ4n) is 2.57. The summed E-state index contributed by atoms with van der Waals surface area (Å²) in [5, 5.41) is 15.6. The lowest BCUT2D eigenvalue weighted by atomic mass is 10.1. The summed E-state index contributed by atoms with van der Waals surface area (Å²) in [6.07, 6.45) is -0.0648. The van der Waals surface area contributed by atoms with E-state index in [1.54, 1.807) is 0 Å². The van der Waals surface area contributed by atoms with Crippen LogP contribution in [0.15, 0.2) is 35.7 Å². The maximum atomic E-state index is 12.4. The van der Waals surface area contributed by atoms with Crippen molar-refractivity contribution in [3.8, 4) is 0 Å². The number of nitro benzene ring substituents is 1. The van der Waals surface area contributed by atoms with Crippen LogP contribution in [-0.2, 0) is 11.3 Å². The van der Waals surface area contributed by atoms with Gasteiger partial charge in [0.15, 0.2) is 0 Å². The first kappa shape index (κ1) is 16.8. The number of fused-ring (bicyclic) bond motifs is 1. The molecule has 0 fully saturated rings. The van der Waals surface area contributed by atoms with E-state index in [4.69, 9.17) is 0 Å². The first-order valence-corrected chi connectivity index (χ1v) is 8.29. The van der Waals surface area contributed by atoms with E-state index < -0.39 is 22.4 Å². The van der Waals surface area contributed by atoms with E-state index in [0.29, 0.717) is 6.54 Å². The van der Waals surface area contributed by atoms with Gasteiger partial charge in [0.1, 0.15) is 5.56 Å². The molecule has 2 aromatic rings. The Labute approximate surface area is 146 Å². The molecule has 3 rings (SSSR count). The molecule has 8 nitrogen and oxygen atoms in total. The molecule has 1 aromatic heterocycles. The summed E-state index contributed by atoms with van der Waals surface area (Å²) in [4.78, 5) is 48.8. The lowest BCUT2D eigenvalue weighted by Crippen LogP contribution is -2.34. The molecule has 0 saturated heterocycles. The van der Waals surface area contributed by atoms with Crippen molar-refractivity contribution in [2.75, 3.05) is 6.54 Å². The van der Waals surface area contributed by atoms with Crippen molar-refractivity contribution in [1.82, 2.24) is 10.2 Å². The van der Waals surface area contributed by atoms with Crippen molar-refractivity contribution >= 4 is 34.7 Å². The number of nitrogens with zero attached hydrogens (tertiary/aromatic N) is 2. The Morgan fingerprint density at radius 3 is 2.68 bits per heavy atom. The van der Waals surface area contributed by atoms with E-state index in [-0.39, 0.29) is 30.0 Å². The second kappa shape index (κ2) is 6.81. The third-order valence-electron chi connectivity index (χ3n) is 3.78. The normalized spacial score (nSPS) is 13.0. The zero-order valence-electron chi connectivity index (χ0n) is 12.9. The minimum absolute atomic E-state index is 0.00167. The molecule has 1 aliphatic heterocycles. The van der Waals surface area contributed by atoms with Gasteiger partial charge in [0.05, 0.1) is 17.0 Å². The highest BCUT2D eigenvalue weighted by molar-refractivity contribution is 7.09. The zero-order chi connectivity index (χ0) is 18.0. The van der Waals surface area contributed by atoms with Crippen molar-refractivity contribution in [1.29, 1.82) is 0 Å². The first-order valence-electron chi connectivity index (χ1n) is 7.41. The van der Waals surface area contributed by atoms with Crippen molar-refractivity contribution in [3.63, 3.8) is 0 Å². The molecule has 0 bridgehead atoms. The van der Waals surface area contributed by atoms with Gasteiger partial charge >= 0.3 is 0 Å². The van der Waals surface area contributed by atoms with Gasteiger partial charge in [-0.1, -0.05) is 12.1 Å². The Bertz CT molecular complexity index is 863. The van der Waals surface area contributed by atoms with Gasteiger partial charge in [-0.3, -0.25) is 29.4 Å². The smallest absolute Gasteiger partial charge is 0.282 e. The summed E-state index contributed by atoms with van der Waals surface area (Å²) in [5.74, 6) is -1.66. The summed E-state index contributed by atoms with van der Waals surface area (Å²) in [6.45, 7) is 0.254. The molecule has 0 spiro atoms. The molecule has 1 N–H and O–H groups in total. The second-order valence-electron chi connectivity index (χ2n) is 5.32. The number of rotatable bonds is 6. The SMILES string of the molecule is O=C(CCN1C(=O)c2cccc([N+](=O)[O-])c2C1=O)NCc1cccs1. The summed E-state index contributed by atoms with van der Waals surface area (Å²) >= 11 is 1.51. The van der Waals surface area contributed by atoms with Crippen LogP contribution in [0.5, 0.6) is 0 Å². The molecule has 1 aliphatic rings. The molecule has 0 radical (unpaired) electrons. The molecule has 1 aromatic carbocycles. The first-order chi connectivity index (χ1) is 12.0. The molecule has 3 amide bonds. The van der Waals surface area contributed by atoms with E-state index >= 15 is 0 Å². The van der Waals surface area contributed by atoms with Gasteiger partial charge in [0.25, 0.3) is 17.5 Å². The number of hydrogen-bond donors (Lipinski definition) is 1. The van der Waals surface area contributed by atoms with E-state index in [9.17, 15) is 24.5 Å². The lowest BCUT2D eigenvalue weighted by molar-refractivity contribution is -0.385. The number of hydrogen-bond acceptors (Lipinski definition) is 6. The Morgan fingerprint density at radius 1 is 1.20 bits per heavy atom. The minimum Gasteiger partial charge on any atom is -0.351 e. The van der Waals surface area contributed by atoms with Crippen LogP contribution in [0.1, 0.15) is 32.0 Å². The number of benzene rings is 1. The molecular weight excluding hydrogens is 346 g/mol. The summed E-state index contributed by atoms with van der Waals surface area (Å²) in [5.41, 5.74) is -0.616. The maximum Gasteiger partial charge on any atom is 0.282 e. The minimum atomic E-state index is -0.738. The lowest BCUT2D eigenvalue weighted by Gasteiger charge is -2.13. The van der Waals surface area contributed by atoms with Crippen molar-refractivity contribution in [3.05, 3.63) is 61.8 Å². The van der Waals surface area contributed by atoms with Gasteiger partial charge in [0, 0.05) is 23.9 Å². The predicted octanol–water partition coefficient (Wildman–Crippen LogP) is 1.96. The standard InChI is InChI=1S/C16H13N3O5S/c20-13(17-9-10-3-2-8-25-10)6-7-18-15(21)11-4-1-5-12(19(23)24)14(11)16(18)22/h1-5,8H,6-7,9H2,(H,17,20). The quantitative estimate of drug-likeness (QED) is 0.482. The van der Waals surface area contributed by atoms with Crippen LogP contribution >= 0.6 is 11.3 Å². The third kappa shape index (κ3) is 3.26. The van der Waals surface area contributed by atoms with Crippen LogP contribution in [0.25, 0.3) is 0 Å². The molecule has 0 atom stereocenters. The molecule has 0 aliphatic carbocycles. The average Bonchev–Trinajstić information content (AvgIpc) is 3.19. The van der Waals surface area contributed by atoms with Crippen molar-refractivity contribution in [2.45, 2.75) is 13.0 Å². The topological polar surface area (TPSA) is 110 Å². The number of thiophene rings is 1. The van der Waals surface area contributed by atoms with E-state index in [0.717, 1.165) is 9.78 Å². The fourth-order valence-corrected chi connectivity index (χ4v) is 3.22. The predicted molar refractivity (Wildman–Crippen MR) is 89.2 cm³/mol. The molecule has 128 valence electrons. The monoisotopic (exact) mass is 359 g/mol. The number of nitro groups is 1. The maximum absolute atomic E-state index is 12.4.